The number of benzene rings is 1. The second-order valence-electron chi connectivity index (χ2n) is 4.17. The number of aromatic nitrogens is 2. The first-order chi connectivity index (χ1) is 10.1. The Labute approximate surface area is 121 Å². The topological polar surface area (TPSA) is 93.5 Å². The maximum Gasteiger partial charge on any atom is 0.360 e. The van der Waals surface area contributed by atoms with Crippen molar-refractivity contribution in [1.82, 2.24) is 15.1 Å². The van der Waals surface area contributed by atoms with Gasteiger partial charge < -0.3 is 15.2 Å². The van der Waals surface area contributed by atoms with Crippen molar-refractivity contribution in [3.05, 3.63) is 42.2 Å². The summed E-state index contributed by atoms with van der Waals surface area (Å²) < 4.78 is 6.64. The van der Waals surface area contributed by atoms with E-state index in [-0.39, 0.29) is 24.0 Å². The molecule has 1 amide bonds. The number of ether oxygens (including phenoxy) is 1. The average Bonchev–Trinajstić information content (AvgIpc) is 2.91. The zero-order valence-corrected chi connectivity index (χ0v) is 11.4. The van der Waals surface area contributed by atoms with E-state index in [1.807, 2.05) is 18.2 Å². The minimum absolute atomic E-state index is 0.0533. The van der Waals surface area contributed by atoms with E-state index in [4.69, 9.17) is 9.84 Å². The van der Waals surface area contributed by atoms with E-state index in [1.54, 1.807) is 19.1 Å². The van der Waals surface area contributed by atoms with Gasteiger partial charge in [0.15, 0.2) is 12.4 Å². The summed E-state index contributed by atoms with van der Waals surface area (Å²) in [5, 5.41) is 15.7. The highest BCUT2D eigenvalue weighted by atomic mass is 16.5. The van der Waals surface area contributed by atoms with E-state index < -0.39 is 5.97 Å². The van der Waals surface area contributed by atoms with Crippen LogP contribution in [0.2, 0.25) is 0 Å². The summed E-state index contributed by atoms with van der Waals surface area (Å²) in [5.74, 6) is -1.48. The van der Waals surface area contributed by atoms with Gasteiger partial charge in [0.1, 0.15) is 0 Å². The maximum absolute atomic E-state index is 11.4. The number of aromatic carboxylic acids is 1. The van der Waals surface area contributed by atoms with Crippen LogP contribution in [0.4, 0.5) is 0 Å². The Bertz CT molecular complexity index is 637. The molecule has 21 heavy (non-hydrogen) atoms. The molecule has 1 aromatic carbocycles. The van der Waals surface area contributed by atoms with Crippen LogP contribution >= 0.6 is 0 Å². The van der Waals surface area contributed by atoms with Crippen molar-refractivity contribution in [3.63, 3.8) is 0 Å². The Morgan fingerprint density at radius 2 is 2.05 bits per heavy atom. The first-order valence-corrected chi connectivity index (χ1v) is 6.39. The van der Waals surface area contributed by atoms with Gasteiger partial charge in [-0.1, -0.05) is 18.2 Å². The molecule has 0 aliphatic rings. The van der Waals surface area contributed by atoms with Crippen LogP contribution in [0.3, 0.4) is 0 Å². The van der Waals surface area contributed by atoms with Gasteiger partial charge in [-0.3, -0.25) is 4.79 Å². The van der Waals surface area contributed by atoms with Crippen molar-refractivity contribution in [2.45, 2.75) is 6.92 Å². The zero-order chi connectivity index (χ0) is 15.2. The standard InChI is InChI=1S/C14H15N3O4/c1-2-15-12(18)9-21-11-8-17(16-13(11)14(19)20)10-6-4-3-5-7-10/h3-8H,2,9H2,1H3,(H,15,18)(H,19,20). The molecule has 0 aliphatic heterocycles. The molecule has 2 rings (SSSR count). The highest BCUT2D eigenvalue weighted by Crippen LogP contribution is 2.19. The third-order valence-electron chi connectivity index (χ3n) is 2.64. The minimum Gasteiger partial charge on any atom is -0.480 e. The molecule has 0 atom stereocenters. The summed E-state index contributed by atoms with van der Waals surface area (Å²) in [7, 11) is 0. The van der Waals surface area contributed by atoms with E-state index >= 15 is 0 Å². The van der Waals surface area contributed by atoms with Crippen LogP contribution in [0.5, 0.6) is 5.75 Å². The zero-order valence-electron chi connectivity index (χ0n) is 11.4. The van der Waals surface area contributed by atoms with Crippen molar-refractivity contribution >= 4 is 11.9 Å². The van der Waals surface area contributed by atoms with Gasteiger partial charge in [-0.2, -0.15) is 5.10 Å². The lowest BCUT2D eigenvalue weighted by atomic mass is 10.3. The van der Waals surface area contributed by atoms with Crippen LogP contribution in [0, 0.1) is 0 Å². The van der Waals surface area contributed by atoms with Gasteiger partial charge in [0.25, 0.3) is 5.91 Å². The Hall–Kier alpha value is -2.83. The van der Waals surface area contributed by atoms with Gasteiger partial charge in [0.05, 0.1) is 11.9 Å². The number of para-hydroxylation sites is 1. The van der Waals surface area contributed by atoms with Gasteiger partial charge in [-0.05, 0) is 19.1 Å². The fourth-order valence-corrected chi connectivity index (χ4v) is 1.72. The summed E-state index contributed by atoms with van der Waals surface area (Å²) in [6.07, 6.45) is 1.44. The highest BCUT2D eigenvalue weighted by molar-refractivity contribution is 5.88. The number of nitrogens with zero attached hydrogens (tertiary/aromatic N) is 2. The number of amides is 1. The number of hydrogen-bond acceptors (Lipinski definition) is 4. The molecule has 2 aromatic rings. The maximum atomic E-state index is 11.4. The number of hydrogen-bond donors (Lipinski definition) is 2. The summed E-state index contributed by atoms with van der Waals surface area (Å²) in [6, 6.07) is 9.04. The molecule has 0 unspecified atom stereocenters. The van der Waals surface area contributed by atoms with Crippen molar-refractivity contribution < 1.29 is 19.4 Å². The molecule has 0 radical (unpaired) electrons. The van der Waals surface area contributed by atoms with Crippen molar-refractivity contribution in [1.29, 1.82) is 0 Å². The molecule has 7 heteroatoms. The van der Waals surface area contributed by atoms with Crippen LogP contribution < -0.4 is 10.1 Å². The predicted molar refractivity (Wildman–Crippen MR) is 74.7 cm³/mol. The Kier molecular flexibility index (Phi) is 4.55. The molecule has 0 bridgehead atoms. The molecule has 0 fully saturated rings. The lowest BCUT2D eigenvalue weighted by molar-refractivity contribution is -0.123. The van der Waals surface area contributed by atoms with Crippen LogP contribution in [-0.4, -0.2) is 39.9 Å². The fourth-order valence-electron chi connectivity index (χ4n) is 1.72. The van der Waals surface area contributed by atoms with E-state index in [0.29, 0.717) is 12.2 Å². The molecule has 0 saturated carbocycles. The Morgan fingerprint density at radius 3 is 2.67 bits per heavy atom. The van der Waals surface area contributed by atoms with Crippen LogP contribution in [0.1, 0.15) is 17.4 Å². The molecule has 2 N–H and O–H groups in total. The molecular weight excluding hydrogens is 274 g/mol. The number of carbonyl (C=O) groups is 2. The number of nitrogens with one attached hydrogen (secondary N) is 1. The number of carboxylic acids is 1. The highest BCUT2D eigenvalue weighted by Gasteiger charge is 2.18. The third-order valence-corrected chi connectivity index (χ3v) is 2.64. The fraction of sp³-hybridized carbons (Fsp3) is 0.214. The molecular formula is C14H15N3O4. The van der Waals surface area contributed by atoms with E-state index in [0.717, 1.165) is 0 Å². The van der Waals surface area contributed by atoms with Crippen LogP contribution in [0.15, 0.2) is 36.5 Å². The third kappa shape index (κ3) is 3.59. The van der Waals surface area contributed by atoms with Gasteiger partial charge in [-0.15, -0.1) is 0 Å². The monoisotopic (exact) mass is 289 g/mol. The predicted octanol–water partition coefficient (Wildman–Crippen LogP) is 1.09. The SMILES string of the molecule is CCNC(=O)COc1cn(-c2ccccc2)nc1C(=O)O. The smallest absolute Gasteiger partial charge is 0.360 e. The van der Waals surface area contributed by atoms with E-state index in [1.165, 1.54) is 10.9 Å². The number of rotatable bonds is 6. The van der Waals surface area contributed by atoms with Gasteiger partial charge in [-0.25, -0.2) is 9.48 Å². The summed E-state index contributed by atoms with van der Waals surface area (Å²) >= 11 is 0. The van der Waals surface area contributed by atoms with Gasteiger partial charge in [0.2, 0.25) is 5.69 Å². The molecule has 0 saturated heterocycles. The molecule has 1 aromatic heterocycles. The minimum atomic E-state index is -1.21. The van der Waals surface area contributed by atoms with Gasteiger partial charge in [0, 0.05) is 6.54 Å². The Balaban J connectivity index is 2.22. The van der Waals surface area contributed by atoms with Crippen LogP contribution in [-0.2, 0) is 4.79 Å². The summed E-state index contributed by atoms with van der Waals surface area (Å²) in [6.45, 7) is 2.01. The molecule has 110 valence electrons. The van der Waals surface area contributed by atoms with Gasteiger partial charge >= 0.3 is 5.97 Å². The number of likely N-dealkylation sites (N-methyl/N-ethyl adjacent to an activating group) is 1. The molecule has 7 nitrogen and oxygen atoms in total. The first-order valence-electron chi connectivity index (χ1n) is 6.39. The summed E-state index contributed by atoms with van der Waals surface area (Å²) in [4.78, 5) is 22.5. The summed E-state index contributed by atoms with van der Waals surface area (Å²) in [5.41, 5.74) is 0.469. The lowest BCUT2D eigenvalue weighted by Crippen LogP contribution is -2.28. The van der Waals surface area contributed by atoms with Crippen molar-refractivity contribution in [3.8, 4) is 11.4 Å². The second kappa shape index (κ2) is 6.56. The largest absolute Gasteiger partial charge is 0.480 e. The normalized spacial score (nSPS) is 10.1. The first kappa shape index (κ1) is 14.6. The average molecular weight is 289 g/mol. The van der Waals surface area contributed by atoms with E-state index in [9.17, 15) is 9.59 Å². The van der Waals surface area contributed by atoms with Crippen molar-refractivity contribution in [2.75, 3.05) is 13.2 Å². The second-order valence-corrected chi connectivity index (χ2v) is 4.17. The lowest BCUT2D eigenvalue weighted by Gasteiger charge is -2.04. The molecule has 1 heterocycles. The quantitative estimate of drug-likeness (QED) is 0.830. The van der Waals surface area contributed by atoms with Crippen molar-refractivity contribution in [2.24, 2.45) is 0 Å². The van der Waals surface area contributed by atoms with E-state index in [2.05, 4.69) is 10.4 Å². The number of carbonyl (C=O) groups excluding carboxylic acids is 1. The Morgan fingerprint density at radius 1 is 1.33 bits per heavy atom. The number of carboxylic acid groups (broad SMARTS) is 1. The molecule has 0 aliphatic carbocycles. The molecule has 0 spiro atoms. The van der Waals surface area contributed by atoms with Crippen LogP contribution in [0.25, 0.3) is 5.69 Å².